The number of benzene rings is 2. The van der Waals surface area contributed by atoms with Crippen LogP contribution in [0.4, 0.5) is 5.69 Å². The molecule has 1 atom stereocenters. The Hall–Kier alpha value is -3.06. The average molecular weight is 356 g/mol. The first kappa shape index (κ1) is 19.3. The second-order valence-electron chi connectivity index (χ2n) is 6.01. The van der Waals surface area contributed by atoms with E-state index in [9.17, 15) is 9.59 Å². The highest BCUT2D eigenvalue weighted by molar-refractivity contribution is 6.00. The Labute approximate surface area is 152 Å². The van der Waals surface area contributed by atoms with Gasteiger partial charge in [-0.25, -0.2) is 5.84 Å². The van der Waals surface area contributed by atoms with Crippen LogP contribution in [-0.2, 0) is 11.3 Å². The third-order valence-electron chi connectivity index (χ3n) is 4.12. The van der Waals surface area contributed by atoms with Gasteiger partial charge in [0.05, 0.1) is 12.7 Å². The van der Waals surface area contributed by atoms with Crippen molar-refractivity contribution in [1.29, 1.82) is 0 Å². The lowest BCUT2D eigenvalue weighted by molar-refractivity contribution is -0.125. The summed E-state index contributed by atoms with van der Waals surface area (Å²) in [5.74, 6) is 5.65. The molecular weight excluding hydrogens is 332 g/mol. The van der Waals surface area contributed by atoms with Gasteiger partial charge in [-0.3, -0.25) is 14.6 Å². The number of nitrogens with one attached hydrogen (secondary N) is 1. The third kappa shape index (κ3) is 4.31. The van der Waals surface area contributed by atoms with Gasteiger partial charge < -0.3 is 15.8 Å². The number of nitrogen functional groups attached to an aromatic ring is 1. The Morgan fingerprint density at radius 1 is 1.23 bits per heavy atom. The van der Waals surface area contributed by atoms with Gasteiger partial charge >= 0.3 is 0 Å². The maximum Gasteiger partial charge on any atom is 0.270 e. The molecule has 7 nitrogen and oxygen atoms in total. The highest BCUT2D eigenvalue weighted by Crippen LogP contribution is 2.19. The van der Waals surface area contributed by atoms with Gasteiger partial charge in [0.15, 0.2) is 0 Å². The van der Waals surface area contributed by atoms with Crippen molar-refractivity contribution in [3.8, 4) is 5.75 Å². The van der Waals surface area contributed by atoms with E-state index in [1.165, 1.54) is 0 Å². The summed E-state index contributed by atoms with van der Waals surface area (Å²) in [5, 5.41) is 3.65. The van der Waals surface area contributed by atoms with Crippen LogP contribution in [0.5, 0.6) is 5.75 Å². The van der Waals surface area contributed by atoms with Crippen LogP contribution in [0.3, 0.4) is 0 Å². The molecule has 0 fully saturated rings. The lowest BCUT2D eigenvalue weighted by Gasteiger charge is -2.24. The molecule has 0 aliphatic rings. The van der Waals surface area contributed by atoms with Crippen molar-refractivity contribution in [3.05, 3.63) is 59.2 Å². The first-order valence-electron chi connectivity index (χ1n) is 8.19. The number of hydrogen-bond acceptors (Lipinski definition) is 5. The molecule has 2 aromatic carbocycles. The highest BCUT2D eigenvalue weighted by atomic mass is 16.5. The third-order valence-corrected chi connectivity index (χ3v) is 4.12. The first-order chi connectivity index (χ1) is 12.3. The van der Waals surface area contributed by atoms with E-state index in [4.69, 9.17) is 16.3 Å². The molecule has 0 aliphatic heterocycles. The minimum Gasteiger partial charge on any atom is -0.496 e. The predicted octanol–water partition coefficient (Wildman–Crippen LogP) is 1.61. The van der Waals surface area contributed by atoms with Gasteiger partial charge in [0.2, 0.25) is 5.91 Å². The summed E-state index contributed by atoms with van der Waals surface area (Å²) in [4.78, 5) is 24.8. The lowest BCUT2D eigenvalue weighted by atomic mass is 10.1. The number of anilines is 1. The molecule has 2 amide bonds. The predicted molar refractivity (Wildman–Crippen MR) is 100 cm³/mol. The smallest absolute Gasteiger partial charge is 0.270 e. The molecule has 26 heavy (non-hydrogen) atoms. The molecule has 0 radical (unpaired) electrons. The van der Waals surface area contributed by atoms with Gasteiger partial charge in [0.25, 0.3) is 5.91 Å². The zero-order valence-electron chi connectivity index (χ0n) is 15.2. The monoisotopic (exact) mass is 356 g/mol. The van der Waals surface area contributed by atoms with E-state index in [0.29, 0.717) is 11.4 Å². The summed E-state index contributed by atoms with van der Waals surface area (Å²) >= 11 is 0. The Morgan fingerprint density at radius 2 is 1.92 bits per heavy atom. The molecule has 0 saturated carbocycles. The molecule has 2 aromatic rings. The summed E-state index contributed by atoms with van der Waals surface area (Å²) in [6.07, 6.45) is 0. The van der Waals surface area contributed by atoms with E-state index in [1.54, 1.807) is 38.3 Å². The number of hydrazine groups is 1. The topological polar surface area (TPSA) is 111 Å². The van der Waals surface area contributed by atoms with Gasteiger partial charge in [-0.2, -0.15) is 0 Å². The van der Waals surface area contributed by atoms with Crippen molar-refractivity contribution in [2.75, 3.05) is 12.8 Å². The standard InChI is InChI=1S/C19H24N4O3/c1-12-8-9-14(17(10-12)26-3)11-22-18(24)13(2)23(21)19(25)15-6-4-5-7-16(15)20/h4-10,13H,11,20-21H2,1-3H3,(H,22,24). The fourth-order valence-electron chi connectivity index (χ4n) is 2.46. The van der Waals surface area contributed by atoms with Crippen molar-refractivity contribution in [3.63, 3.8) is 0 Å². The van der Waals surface area contributed by atoms with Crippen molar-refractivity contribution in [2.45, 2.75) is 26.4 Å². The number of carbonyl (C=O) groups excluding carboxylic acids is 2. The fourth-order valence-corrected chi connectivity index (χ4v) is 2.46. The summed E-state index contributed by atoms with van der Waals surface area (Å²) in [5.41, 5.74) is 8.26. The van der Waals surface area contributed by atoms with Crippen LogP contribution in [0, 0.1) is 6.92 Å². The highest BCUT2D eigenvalue weighted by Gasteiger charge is 2.25. The fraction of sp³-hybridized carbons (Fsp3) is 0.263. The number of carbonyl (C=O) groups is 2. The molecule has 0 aromatic heterocycles. The van der Waals surface area contributed by atoms with E-state index in [2.05, 4.69) is 5.32 Å². The van der Waals surface area contributed by atoms with Crippen molar-refractivity contribution < 1.29 is 14.3 Å². The van der Waals surface area contributed by atoms with Gasteiger partial charge in [0, 0.05) is 17.8 Å². The molecule has 5 N–H and O–H groups in total. The van der Waals surface area contributed by atoms with Crippen LogP contribution in [0.15, 0.2) is 42.5 Å². The lowest BCUT2D eigenvalue weighted by Crippen LogP contribution is -2.51. The minimum absolute atomic E-state index is 0.259. The van der Waals surface area contributed by atoms with Gasteiger partial charge in [-0.15, -0.1) is 0 Å². The Balaban J connectivity index is 2.03. The number of hydrogen-bond donors (Lipinski definition) is 3. The number of methoxy groups -OCH3 is 1. The maximum absolute atomic E-state index is 12.4. The molecule has 0 aliphatic carbocycles. The summed E-state index contributed by atoms with van der Waals surface area (Å²) in [7, 11) is 1.58. The van der Waals surface area contributed by atoms with Crippen LogP contribution in [0.25, 0.3) is 0 Å². The zero-order chi connectivity index (χ0) is 19.3. The number of nitrogens with zero attached hydrogens (tertiary/aromatic N) is 1. The zero-order valence-corrected chi connectivity index (χ0v) is 15.2. The van der Waals surface area contributed by atoms with Gasteiger partial charge in [-0.05, 0) is 37.6 Å². The summed E-state index contributed by atoms with van der Waals surface area (Å²) < 4.78 is 5.32. The summed E-state index contributed by atoms with van der Waals surface area (Å²) in [6, 6.07) is 11.4. The van der Waals surface area contributed by atoms with Gasteiger partial charge in [0.1, 0.15) is 11.8 Å². The number of rotatable bonds is 6. The van der Waals surface area contributed by atoms with Crippen LogP contribution >= 0.6 is 0 Å². The Kier molecular flexibility index (Phi) is 6.19. The molecule has 2 rings (SSSR count). The number of nitrogens with two attached hydrogens (primary N) is 2. The minimum atomic E-state index is -0.862. The second kappa shape index (κ2) is 8.35. The first-order valence-corrected chi connectivity index (χ1v) is 8.19. The van der Waals surface area contributed by atoms with Crippen molar-refractivity contribution in [2.24, 2.45) is 5.84 Å². The van der Waals surface area contributed by atoms with Crippen molar-refractivity contribution in [1.82, 2.24) is 10.3 Å². The van der Waals surface area contributed by atoms with Crippen molar-refractivity contribution >= 4 is 17.5 Å². The summed E-state index contributed by atoms with van der Waals surface area (Å²) in [6.45, 7) is 3.78. The van der Waals surface area contributed by atoms with E-state index in [0.717, 1.165) is 16.1 Å². The molecule has 0 spiro atoms. The SMILES string of the molecule is COc1cc(C)ccc1CNC(=O)C(C)N(N)C(=O)c1ccccc1N. The van der Waals surface area contributed by atoms with E-state index in [-0.39, 0.29) is 18.0 Å². The van der Waals surface area contributed by atoms with Crippen LogP contribution in [0.1, 0.15) is 28.4 Å². The van der Waals surface area contributed by atoms with Gasteiger partial charge in [-0.1, -0.05) is 24.3 Å². The molecule has 0 saturated heterocycles. The molecule has 0 bridgehead atoms. The van der Waals surface area contributed by atoms with Crippen LogP contribution < -0.4 is 21.6 Å². The van der Waals surface area contributed by atoms with Crippen LogP contribution in [-0.4, -0.2) is 30.0 Å². The number of ether oxygens (including phenoxy) is 1. The van der Waals surface area contributed by atoms with Crippen LogP contribution in [0.2, 0.25) is 0 Å². The molecule has 7 heteroatoms. The van der Waals surface area contributed by atoms with E-state index < -0.39 is 11.9 Å². The molecule has 138 valence electrons. The maximum atomic E-state index is 12.4. The van der Waals surface area contributed by atoms with E-state index >= 15 is 0 Å². The normalized spacial score (nSPS) is 11.5. The largest absolute Gasteiger partial charge is 0.496 e. The second-order valence-corrected chi connectivity index (χ2v) is 6.01. The van der Waals surface area contributed by atoms with E-state index in [1.807, 2.05) is 25.1 Å². The Bertz CT molecular complexity index is 807. The quantitative estimate of drug-likeness (QED) is 0.315. The number of aryl methyl sites for hydroxylation is 1. The Morgan fingerprint density at radius 3 is 2.58 bits per heavy atom. The molecule has 0 heterocycles. The number of amides is 2. The molecular formula is C19H24N4O3. The molecule has 1 unspecified atom stereocenters. The average Bonchev–Trinajstić information content (AvgIpc) is 2.65. The number of para-hydroxylation sites is 1.